The summed E-state index contributed by atoms with van der Waals surface area (Å²) < 4.78 is 5.34. The fourth-order valence-corrected chi connectivity index (χ4v) is 2.56. The van der Waals surface area contributed by atoms with Gasteiger partial charge in [-0.1, -0.05) is 13.8 Å². The molecule has 0 aromatic heterocycles. The lowest BCUT2D eigenvalue weighted by Gasteiger charge is -2.24. The minimum absolute atomic E-state index is 0.0231. The van der Waals surface area contributed by atoms with Crippen molar-refractivity contribution in [2.45, 2.75) is 45.3 Å². The van der Waals surface area contributed by atoms with Gasteiger partial charge in [-0.2, -0.15) is 0 Å². The van der Waals surface area contributed by atoms with Crippen molar-refractivity contribution in [3.8, 4) is 0 Å². The van der Waals surface area contributed by atoms with Crippen LogP contribution >= 0.6 is 0 Å². The number of likely N-dealkylation sites (tertiary alicyclic amines) is 1. The second-order valence-electron chi connectivity index (χ2n) is 5.88. The van der Waals surface area contributed by atoms with Crippen LogP contribution in [0.25, 0.3) is 0 Å². The normalized spacial score (nSPS) is 26.6. The fourth-order valence-electron chi connectivity index (χ4n) is 2.56. The highest BCUT2D eigenvalue weighted by Crippen LogP contribution is 2.29. The number of hydrogen-bond donors (Lipinski definition) is 1. The molecule has 0 bridgehead atoms. The van der Waals surface area contributed by atoms with Crippen LogP contribution in [0.5, 0.6) is 0 Å². The number of hydrogen-bond acceptors (Lipinski definition) is 4. The second-order valence-corrected chi connectivity index (χ2v) is 5.88. The molecule has 2 N–H and O–H groups in total. The molecule has 2 atom stereocenters. The molecule has 2 rings (SSSR count). The summed E-state index contributed by atoms with van der Waals surface area (Å²) in [5.41, 5.74) is 4.58. The third-order valence-electron chi connectivity index (χ3n) is 4.06. The molecule has 0 radical (unpaired) electrons. The van der Waals surface area contributed by atoms with E-state index < -0.39 is 17.4 Å². The molecule has 2 saturated heterocycles. The van der Waals surface area contributed by atoms with Gasteiger partial charge < -0.3 is 15.4 Å². The highest BCUT2D eigenvalue weighted by molar-refractivity contribution is 5.92. The van der Waals surface area contributed by atoms with Crippen molar-refractivity contribution in [1.29, 1.82) is 0 Å². The molecule has 0 aromatic rings. The molecule has 6 nitrogen and oxygen atoms in total. The zero-order valence-electron chi connectivity index (χ0n) is 11.3. The topological polar surface area (TPSA) is 89.7 Å². The van der Waals surface area contributed by atoms with Gasteiger partial charge in [0.05, 0.1) is 6.10 Å². The molecule has 0 saturated carbocycles. The highest BCUT2D eigenvalue weighted by Gasteiger charge is 2.46. The van der Waals surface area contributed by atoms with E-state index in [1.807, 2.05) is 0 Å². The van der Waals surface area contributed by atoms with Crippen LogP contribution in [-0.2, 0) is 19.1 Å². The van der Waals surface area contributed by atoms with E-state index >= 15 is 0 Å². The number of nitrogens with two attached hydrogens (primary N) is 1. The summed E-state index contributed by atoms with van der Waals surface area (Å²) in [6, 6.07) is -0.413. The molecule has 2 unspecified atom stereocenters. The zero-order chi connectivity index (χ0) is 14.2. The lowest BCUT2D eigenvalue weighted by atomic mass is 9.87. The Morgan fingerprint density at radius 2 is 2.16 bits per heavy atom. The first kappa shape index (κ1) is 14.0. The number of primary amides is 1. The summed E-state index contributed by atoms with van der Waals surface area (Å²) in [6.07, 6.45) is 1.19. The summed E-state index contributed by atoms with van der Waals surface area (Å²) in [4.78, 5) is 36.7. The number of carbonyl (C=O) groups is 3. The van der Waals surface area contributed by atoms with Gasteiger partial charge in [0.2, 0.25) is 11.8 Å². The maximum atomic E-state index is 12.2. The Labute approximate surface area is 112 Å². The van der Waals surface area contributed by atoms with Gasteiger partial charge in [0, 0.05) is 18.4 Å². The maximum absolute atomic E-state index is 12.2. The number of nitrogens with zero attached hydrogens (tertiary/aromatic N) is 1. The quantitative estimate of drug-likeness (QED) is 0.767. The average Bonchev–Trinajstić information content (AvgIpc) is 2.90. The summed E-state index contributed by atoms with van der Waals surface area (Å²) in [7, 11) is 0. The number of ketones is 1. The van der Waals surface area contributed by atoms with Crippen molar-refractivity contribution in [2.75, 3.05) is 13.2 Å². The van der Waals surface area contributed by atoms with Crippen LogP contribution in [0.15, 0.2) is 0 Å². The molecule has 2 amide bonds. The van der Waals surface area contributed by atoms with Crippen molar-refractivity contribution in [2.24, 2.45) is 11.1 Å². The van der Waals surface area contributed by atoms with Gasteiger partial charge in [0.1, 0.15) is 12.6 Å². The Balaban J connectivity index is 1.94. The number of ether oxygens (including phenoxy) is 1. The van der Waals surface area contributed by atoms with E-state index in [0.717, 1.165) is 0 Å². The Kier molecular flexibility index (Phi) is 3.62. The van der Waals surface area contributed by atoms with Gasteiger partial charge in [-0.05, 0) is 12.8 Å². The van der Waals surface area contributed by atoms with Crippen LogP contribution in [0, 0.1) is 5.41 Å². The molecule has 19 heavy (non-hydrogen) atoms. The summed E-state index contributed by atoms with van der Waals surface area (Å²) in [5.74, 6) is -0.537. The van der Waals surface area contributed by atoms with Crippen LogP contribution < -0.4 is 5.73 Å². The average molecular weight is 268 g/mol. The van der Waals surface area contributed by atoms with Gasteiger partial charge in [-0.15, -0.1) is 0 Å². The largest absolute Gasteiger partial charge is 0.369 e. The minimum Gasteiger partial charge on any atom is -0.369 e. The van der Waals surface area contributed by atoms with Crippen LogP contribution in [0.2, 0.25) is 0 Å². The molecule has 0 aliphatic carbocycles. The Bertz CT molecular complexity index is 419. The number of fused-ring (bicyclic) bond motifs is 1. The van der Waals surface area contributed by atoms with E-state index in [2.05, 4.69) is 0 Å². The van der Waals surface area contributed by atoms with Gasteiger partial charge >= 0.3 is 0 Å². The first-order valence-corrected chi connectivity index (χ1v) is 6.56. The van der Waals surface area contributed by atoms with Crippen molar-refractivity contribution in [3.05, 3.63) is 0 Å². The van der Waals surface area contributed by atoms with Crippen LogP contribution in [-0.4, -0.2) is 47.8 Å². The third-order valence-corrected chi connectivity index (χ3v) is 4.06. The van der Waals surface area contributed by atoms with Crippen LogP contribution in [0.4, 0.5) is 0 Å². The molecule has 0 spiro atoms. The predicted molar refractivity (Wildman–Crippen MR) is 67.1 cm³/mol. The van der Waals surface area contributed by atoms with E-state index in [1.165, 1.54) is 0 Å². The minimum atomic E-state index is -0.703. The molecule has 2 aliphatic heterocycles. The highest BCUT2D eigenvalue weighted by atomic mass is 16.5. The Hall–Kier alpha value is -1.43. The first-order valence-electron chi connectivity index (χ1n) is 6.56. The summed E-state index contributed by atoms with van der Waals surface area (Å²) >= 11 is 0. The zero-order valence-corrected chi connectivity index (χ0v) is 11.3. The van der Waals surface area contributed by atoms with Crippen molar-refractivity contribution >= 4 is 17.6 Å². The number of Topliss-reactive ketones (excluding diaryl/α,β-unsaturated/α-hetero) is 1. The predicted octanol–water partition coefficient (Wildman–Crippen LogP) is -0.153. The lowest BCUT2D eigenvalue weighted by molar-refractivity contribution is -0.137. The van der Waals surface area contributed by atoms with Crippen LogP contribution in [0.3, 0.4) is 0 Å². The van der Waals surface area contributed by atoms with E-state index in [1.54, 1.807) is 18.7 Å². The number of rotatable bonds is 4. The van der Waals surface area contributed by atoms with Gasteiger partial charge in [0.15, 0.2) is 5.78 Å². The number of amides is 2. The third kappa shape index (κ3) is 2.63. The summed E-state index contributed by atoms with van der Waals surface area (Å²) in [6.45, 7) is 4.10. The lowest BCUT2D eigenvalue weighted by Crippen LogP contribution is -2.42. The van der Waals surface area contributed by atoms with E-state index in [4.69, 9.17) is 10.5 Å². The van der Waals surface area contributed by atoms with Gasteiger partial charge in [-0.25, -0.2) is 0 Å². The number of carbonyl (C=O) groups excluding carboxylic acids is 3. The summed E-state index contributed by atoms with van der Waals surface area (Å²) in [5, 5.41) is 0. The monoisotopic (exact) mass is 268 g/mol. The van der Waals surface area contributed by atoms with Crippen molar-refractivity contribution in [1.82, 2.24) is 4.90 Å². The molecular formula is C13H20N2O4. The molecule has 6 heteroatoms. The van der Waals surface area contributed by atoms with Crippen LogP contribution in [0.1, 0.15) is 33.1 Å². The fraction of sp³-hybridized carbons (Fsp3) is 0.769. The Morgan fingerprint density at radius 1 is 1.47 bits per heavy atom. The first-order chi connectivity index (χ1) is 8.83. The molecule has 2 fully saturated rings. The SMILES string of the molecule is CC(C)(CCC(=O)N1CCC2OCC(=O)C21)C(N)=O. The van der Waals surface area contributed by atoms with E-state index in [9.17, 15) is 14.4 Å². The second kappa shape index (κ2) is 4.92. The van der Waals surface area contributed by atoms with Crippen molar-refractivity contribution in [3.63, 3.8) is 0 Å². The molecule has 2 heterocycles. The molecule has 106 valence electrons. The van der Waals surface area contributed by atoms with E-state index in [0.29, 0.717) is 19.4 Å². The van der Waals surface area contributed by atoms with Gasteiger partial charge in [0.25, 0.3) is 0 Å². The smallest absolute Gasteiger partial charge is 0.223 e. The maximum Gasteiger partial charge on any atom is 0.223 e. The van der Waals surface area contributed by atoms with E-state index in [-0.39, 0.29) is 30.8 Å². The molecule has 2 aliphatic rings. The standard InChI is InChI=1S/C13H20N2O4/c1-13(2,12(14)18)5-3-10(17)15-6-4-9-11(15)8(16)7-19-9/h9,11H,3-7H2,1-2H3,(H2,14,18). The molecule has 0 aromatic carbocycles. The van der Waals surface area contributed by atoms with Crippen molar-refractivity contribution < 1.29 is 19.1 Å². The van der Waals surface area contributed by atoms with Gasteiger partial charge in [-0.3, -0.25) is 14.4 Å². The Morgan fingerprint density at radius 3 is 2.79 bits per heavy atom. The molecular weight excluding hydrogens is 248 g/mol.